The number of hydrogen-bond acceptors (Lipinski definition) is 4. The number of hydrogen-bond donors (Lipinski definition) is 1. The van der Waals surface area contributed by atoms with Crippen molar-refractivity contribution in [3.63, 3.8) is 0 Å². The Hall–Kier alpha value is -2.77. The molecule has 7 heteroatoms. The lowest BCUT2D eigenvalue weighted by molar-refractivity contribution is -0.0613. The molecule has 1 saturated heterocycles. The maximum atomic E-state index is 14.8. The molecule has 0 saturated carbocycles. The molecule has 1 amide bonds. The Morgan fingerprint density at radius 3 is 2.62 bits per heavy atom. The number of nitrogens with zero attached hydrogens (tertiary/aromatic N) is 4. The number of amides is 1. The van der Waals surface area contributed by atoms with Gasteiger partial charge in [0, 0.05) is 19.3 Å². The molecule has 0 spiro atoms. The van der Waals surface area contributed by atoms with Crippen LogP contribution >= 0.6 is 0 Å². The van der Waals surface area contributed by atoms with Gasteiger partial charge in [0.05, 0.1) is 11.6 Å². The third kappa shape index (κ3) is 3.10. The first-order valence-corrected chi connectivity index (χ1v) is 9.69. The van der Waals surface area contributed by atoms with Crippen molar-refractivity contribution in [2.75, 3.05) is 27.2 Å². The molecule has 3 aromatic rings. The van der Waals surface area contributed by atoms with E-state index >= 15 is 0 Å². The summed E-state index contributed by atoms with van der Waals surface area (Å²) < 4.78 is 16.1. The van der Waals surface area contributed by atoms with Crippen LogP contribution in [0.5, 0.6) is 0 Å². The van der Waals surface area contributed by atoms with Gasteiger partial charge in [0.2, 0.25) is 5.95 Å². The van der Waals surface area contributed by atoms with Gasteiger partial charge in [-0.25, -0.2) is 4.98 Å². The predicted octanol–water partition coefficient (Wildman–Crippen LogP) is 2.45. The van der Waals surface area contributed by atoms with E-state index in [1.54, 1.807) is 12.3 Å². The highest BCUT2D eigenvalue weighted by molar-refractivity contribution is 5.93. The van der Waals surface area contributed by atoms with Gasteiger partial charge in [0.25, 0.3) is 5.91 Å². The molecule has 0 unspecified atom stereocenters. The number of rotatable bonds is 3. The van der Waals surface area contributed by atoms with Gasteiger partial charge in [-0.1, -0.05) is 36.4 Å². The van der Waals surface area contributed by atoms with Crippen molar-refractivity contribution in [2.45, 2.75) is 25.0 Å². The number of carbonyl (C=O) groups excluding carboxylic acids is 1. The zero-order valence-electron chi connectivity index (χ0n) is 16.8. The second kappa shape index (κ2) is 7.24. The number of piperidine rings is 1. The molecular weight excluding hydrogens is 371 g/mol. The van der Waals surface area contributed by atoms with E-state index in [1.165, 1.54) is 9.30 Å². The first kappa shape index (κ1) is 19.5. The van der Waals surface area contributed by atoms with Gasteiger partial charge in [-0.3, -0.25) is 14.1 Å². The number of carbonyl (C=O) groups is 1. The van der Waals surface area contributed by atoms with Crippen molar-refractivity contribution in [1.82, 2.24) is 19.2 Å². The van der Waals surface area contributed by atoms with Crippen molar-refractivity contribution in [3.8, 4) is 0 Å². The fraction of sp³-hybridized carbons (Fsp3) is 0.364. The minimum atomic E-state index is -0.820. The highest BCUT2D eigenvalue weighted by atomic mass is 19.1. The van der Waals surface area contributed by atoms with E-state index in [4.69, 9.17) is 0 Å². The lowest BCUT2D eigenvalue weighted by atomic mass is 9.77. The third-order valence-electron chi connectivity index (χ3n) is 5.98. The summed E-state index contributed by atoms with van der Waals surface area (Å²) in [5.74, 6) is -1.17. The normalized spacial score (nSPS) is 22.4. The molecule has 2 atom stereocenters. The number of likely N-dealkylation sites (N-methyl/N-ethyl adjacent to an activating group) is 1. The Balaban J connectivity index is 1.63. The maximum absolute atomic E-state index is 14.8. The number of aliphatic hydroxyl groups excluding tert-OH is 1. The molecule has 1 N–H and O–H groups in total. The number of aromatic nitrogens is 2. The summed E-state index contributed by atoms with van der Waals surface area (Å²) >= 11 is 0. The summed E-state index contributed by atoms with van der Waals surface area (Å²) in [7, 11) is 3.86. The van der Waals surface area contributed by atoms with Crippen LogP contribution in [0.15, 0.2) is 48.7 Å². The van der Waals surface area contributed by atoms with Crippen molar-refractivity contribution >= 4 is 11.6 Å². The van der Waals surface area contributed by atoms with Crippen LogP contribution < -0.4 is 0 Å². The van der Waals surface area contributed by atoms with Crippen LogP contribution in [0, 0.1) is 12.9 Å². The first-order chi connectivity index (χ1) is 13.8. The van der Waals surface area contributed by atoms with Crippen molar-refractivity contribution in [2.24, 2.45) is 0 Å². The molecule has 1 aliphatic rings. The Kier molecular flexibility index (Phi) is 4.88. The van der Waals surface area contributed by atoms with Gasteiger partial charge in [0.15, 0.2) is 5.69 Å². The van der Waals surface area contributed by atoms with Crippen LogP contribution in [-0.4, -0.2) is 63.5 Å². The average Bonchev–Trinajstić information content (AvgIpc) is 3.04. The summed E-state index contributed by atoms with van der Waals surface area (Å²) in [6.45, 7) is 2.36. The van der Waals surface area contributed by atoms with E-state index in [0.29, 0.717) is 18.6 Å². The molecule has 1 aromatic carbocycles. The number of aliphatic hydroxyl groups is 1. The standard InChI is InChI=1S/C22H25FN4O2/c1-15-9-10-18-24-19(20(23)27(18)13-15)21(29)26-12-11-22(25(2)3,17(28)14-26)16-7-5-4-6-8-16/h4-10,13,17,28H,11-12,14H2,1-3H3/t17-,22+/m1/s1. The smallest absolute Gasteiger partial charge is 0.277 e. The largest absolute Gasteiger partial charge is 0.389 e. The molecular formula is C22H25FN4O2. The van der Waals surface area contributed by atoms with Gasteiger partial charge in [-0.15, -0.1) is 0 Å². The molecule has 6 nitrogen and oxygen atoms in total. The number of halogens is 1. The SMILES string of the molecule is Cc1ccc2nc(C(=O)N3CC[C@@](c4ccccc4)(N(C)C)[C@H](O)C3)c(F)n2c1. The Morgan fingerprint density at radius 2 is 1.97 bits per heavy atom. The number of pyridine rings is 1. The number of benzene rings is 1. The summed E-state index contributed by atoms with van der Waals surface area (Å²) in [5, 5.41) is 11.1. The number of likely N-dealkylation sites (tertiary alicyclic amines) is 1. The molecule has 4 rings (SSSR count). The quantitative estimate of drug-likeness (QED) is 0.739. The molecule has 152 valence electrons. The monoisotopic (exact) mass is 396 g/mol. The van der Waals surface area contributed by atoms with E-state index in [2.05, 4.69) is 4.98 Å². The zero-order chi connectivity index (χ0) is 20.8. The first-order valence-electron chi connectivity index (χ1n) is 9.69. The molecule has 29 heavy (non-hydrogen) atoms. The van der Waals surface area contributed by atoms with Gasteiger partial charge >= 0.3 is 0 Å². The molecule has 1 fully saturated rings. The van der Waals surface area contributed by atoms with E-state index in [9.17, 15) is 14.3 Å². The van der Waals surface area contributed by atoms with Crippen LogP contribution in [0.4, 0.5) is 4.39 Å². The summed E-state index contributed by atoms with van der Waals surface area (Å²) in [6.07, 6.45) is 1.33. The Morgan fingerprint density at radius 1 is 1.24 bits per heavy atom. The van der Waals surface area contributed by atoms with E-state index in [1.807, 2.05) is 62.3 Å². The minimum Gasteiger partial charge on any atom is -0.389 e. The number of β-amino-alcohol motifs (C(OH)–C–C–N with tert-alkyl or cyclic N) is 1. The molecule has 2 aromatic heterocycles. The maximum Gasteiger partial charge on any atom is 0.277 e. The second-order valence-corrected chi connectivity index (χ2v) is 7.89. The minimum absolute atomic E-state index is 0.109. The van der Waals surface area contributed by atoms with Crippen LogP contribution in [0.2, 0.25) is 0 Å². The zero-order valence-corrected chi connectivity index (χ0v) is 16.8. The fourth-order valence-electron chi connectivity index (χ4n) is 4.36. The van der Waals surface area contributed by atoms with E-state index < -0.39 is 23.5 Å². The van der Waals surface area contributed by atoms with E-state index in [0.717, 1.165) is 11.1 Å². The average molecular weight is 396 g/mol. The third-order valence-corrected chi connectivity index (χ3v) is 5.98. The van der Waals surface area contributed by atoms with Gasteiger partial charge in [-0.2, -0.15) is 4.39 Å². The van der Waals surface area contributed by atoms with Gasteiger partial charge in [-0.05, 0) is 44.6 Å². The van der Waals surface area contributed by atoms with Crippen molar-refractivity contribution in [3.05, 3.63) is 71.4 Å². The number of fused-ring (bicyclic) bond motifs is 1. The topological polar surface area (TPSA) is 61.1 Å². The Bertz CT molecular complexity index is 1050. The molecule has 3 heterocycles. The van der Waals surface area contributed by atoms with E-state index in [-0.39, 0.29) is 12.2 Å². The second-order valence-electron chi connectivity index (χ2n) is 7.89. The lowest BCUT2D eigenvalue weighted by Gasteiger charge is -2.49. The van der Waals surface area contributed by atoms with Crippen molar-refractivity contribution in [1.29, 1.82) is 0 Å². The van der Waals surface area contributed by atoms with Gasteiger partial charge in [0.1, 0.15) is 5.65 Å². The molecule has 1 aliphatic heterocycles. The van der Waals surface area contributed by atoms with Crippen LogP contribution in [0.25, 0.3) is 5.65 Å². The highest BCUT2D eigenvalue weighted by Crippen LogP contribution is 2.38. The molecule has 0 radical (unpaired) electrons. The summed E-state index contributed by atoms with van der Waals surface area (Å²) in [4.78, 5) is 20.7. The molecule has 0 aliphatic carbocycles. The number of aryl methyl sites for hydroxylation is 1. The predicted molar refractivity (Wildman–Crippen MR) is 108 cm³/mol. The fourth-order valence-corrected chi connectivity index (χ4v) is 4.36. The van der Waals surface area contributed by atoms with Crippen LogP contribution in [-0.2, 0) is 5.54 Å². The summed E-state index contributed by atoms with van der Waals surface area (Å²) in [5.41, 5.74) is 1.45. The molecule has 0 bridgehead atoms. The van der Waals surface area contributed by atoms with Crippen LogP contribution in [0.1, 0.15) is 28.0 Å². The van der Waals surface area contributed by atoms with Crippen molar-refractivity contribution < 1.29 is 14.3 Å². The number of imidazole rings is 1. The lowest BCUT2D eigenvalue weighted by Crippen LogP contribution is -2.61. The highest BCUT2D eigenvalue weighted by Gasteiger charge is 2.46. The Labute approximate surface area is 169 Å². The van der Waals surface area contributed by atoms with Crippen LogP contribution in [0.3, 0.4) is 0 Å². The summed E-state index contributed by atoms with van der Waals surface area (Å²) in [6, 6.07) is 13.3. The van der Waals surface area contributed by atoms with Gasteiger partial charge < -0.3 is 10.0 Å².